The summed E-state index contributed by atoms with van der Waals surface area (Å²) in [6, 6.07) is 18.2. The van der Waals surface area contributed by atoms with Crippen LogP contribution in [0.15, 0.2) is 54.6 Å². The molecule has 118 valence electrons. The van der Waals surface area contributed by atoms with E-state index in [9.17, 15) is 5.11 Å². The Bertz CT molecular complexity index is 827. The van der Waals surface area contributed by atoms with Gasteiger partial charge in [0.1, 0.15) is 0 Å². The molecule has 0 bridgehead atoms. The second kappa shape index (κ2) is 5.58. The van der Waals surface area contributed by atoms with E-state index in [1.807, 2.05) is 47.1 Å². The first-order valence-electron chi connectivity index (χ1n) is 7.83. The third-order valence-electron chi connectivity index (χ3n) is 4.02. The highest BCUT2D eigenvalue weighted by atomic mass is 16.3. The first kappa shape index (κ1) is 15.3. The van der Waals surface area contributed by atoms with Gasteiger partial charge < -0.3 is 5.11 Å². The maximum Gasteiger partial charge on any atom is 0.235 e. The molecule has 0 atom stereocenters. The van der Waals surface area contributed by atoms with Gasteiger partial charge in [-0.15, -0.1) is 5.10 Å². The second-order valence-corrected chi connectivity index (χ2v) is 6.86. The zero-order valence-corrected chi connectivity index (χ0v) is 14.0. The highest BCUT2D eigenvalue weighted by molar-refractivity contribution is 5.72. The molecule has 0 amide bonds. The molecule has 1 heterocycles. The van der Waals surface area contributed by atoms with Gasteiger partial charge >= 0.3 is 0 Å². The summed E-state index contributed by atoms with van der Waals surface area (Å²) < 4.78 is 1.85. The Kier molecular flexibility index (Phi) is 3.72. The van der Waals surface area contributed by atoms with Crippen molar-refractivity contribution in [2.24, 2.45) is 0 Å². The average Bonchev–Trinajstić information content (AvgIpc) is 2.86. The predicted molar refractivity (Wildman–Crippen MR) is 94.1 cm³/mol. The van der Waals surface area contributed by atoms with Gasteiger partial charge in [0, 0.05) is 11.1 Å². The molecule has 2 aromatic carbocycles. The smallest absolute Gasteiger partial charge is 0.235 e. The van der Waals surface area contributed by atoms with Gasteiger partial charge in [0.15, 0.2) is 0 Å². The number of rotatable bonds is 2. The zero-order valence-electron chi connectivity index (χ0n) is 14.0. The molecule has 23 heavy (non-hydrogen) atoms. The summed E-state index contributed by atoms with van der Waals surface area (Å²) in [4.78, 5) is 0. The first-order chi connectivity index (χ1) is 10.9. The molecule has 0 fully saturated rings. The largest absolute Gasteiger partial charge is 0.492 e. The van der Waals surface area contributed by atoms with Crippen molar-refractivity contribution in [2.75, 3.05) is 0 Å². The van der Waals surface area contributed by atoms with Crippen LogP contribution >= 0.6 is 0 Å². The fraction of sp³-hybridized carbons (Fsp3) is 0.250. The third kappa shape index (κ3) is 2.74. The molecule has 0 aliphatic heterocycles. The number of hydrogen-bond acceptors (Lipinski definition) is 2. The van der Waals surface area contributed by atoms with E-state index < -0.39 is 0 Å². The van der Waals surface area contributed by atoms with Crippen LogP contribution < -0.4 is 0 Å². The maximum absolute atomic E-state index is 10.5. The highest BCUT2D eigenvalue weighted by Gasteiger charge is 2.29. The Hall–Kier alpha value is -2.55. The van der Waals surface area contributed by atoms with Crippen LogP contribution in [-0.2, 0) is 5.41 Å². The van der Waals surface area contributed by atoms with Gasteiger partial charge in [-0.25, -0.2) is 4.68 Å². The number of hydrogen-bond donors (Lipinski definition) is 1. The van der Waals surface area contributed by atoms with Crippen LogP contribution in [-0.4, -0.2) is 14.9 Å². The van der Waals surface area contributed by atoms with Crippen molar-refractivity contribution in [3.05, 3.63) is 65.7 Å². The Morgan fingerprint density at radius 1 is 0.913 bits per heavy atom. The quantitative estimate of drug-likeness (QED) is 0.735. The molecular weight excluding hydrogens is 284 g/mol. The average molecular weight is 306 g/mol. The molecule has 3 rings (SSSR count). The van der Waals surface area contributed by atoms with Crippen molar-refractivity contribution in [2.45, 2.75) is 33.1 Å². The number of aromatic nitrogens is 2. The van der Waals surface area contributed by atoms with Gasteiger partial charge in [-0.2, -0.15) is 0 Å². The minimum atomic E-state index is -0.214. The molecule has 0 unspecified atom stereocenters. The lowest BCUT2D eigenvalue weighted by Gasteiger charge is -2.21. The normalized spacial score (nSPS) is 11.7. The fourth-order valence-electron chi connectivity index (χ4n) is 2.94. The maximum atomic E-state index is 10.5. The van der Waals surface area contributed by atoms with E-state index in [0.717, 1.165) is 28.1 Å². The van der Waals surface area contributed by atoms with Gasteiger partial charge in [-0.3, -0.25) is 0 Å². The minimum Gasteiger partial charge on any atom is -0.492 e. The molecule has 0 saturated carbocycles. The third-order valence-corrected chi connectivity index (χ3v) is 4.02. The van der Waals surface area contributed by atoms with Crippen LogP contribution in [0.25, 0.3) is 16.9 Å². The summed E-state index contributed by atoms with van der Waals surface area (Å²) in [5, 5.41) is 15.0. The summed E-state index contributed by atoms with van der Waals surface area (Å²) in [6.45, 7) is 8.38. The van der Waals surface area contributed by atoms with Gasteiger partial charge in [0.2, 0.25) is 5.88 Å². The van der Waals surface area contributed by atoms with Crippen molar-refractivity contribution >= 4 is 0 Å². The van der Waals surface area contributed by atoms with E-state index in [4.69, 9.17) is 0 Å². The molecule has 0 aliphatic carbocycles. The van der Waals surface area contributed by atoms with Crippen molar-refractivity contribution < 1.29 is 5.11 Å². The first-order valence-corrected chi connectivity index (χ1v) is 7.83. The summed E-state index contributed by atoms with van der Waals surface area (Å²) in [5.74, 6) is 0.0969. The summed E-state index contributed by atoms with van der Waals surface area (Å²) >= 11 is 0. The van der Waals surface area contributed by atoms with Crippen molar-refractivity contribution in [1.29, 1.82) is 0 Å². The Morgan fingerprint density at radius 2 is 1.52 bits per heavy atom. The van der Waals surface area contributed by atoms with Gasteiger partial charge in [0.25, 0.3) is 0 Å². The van der Waals surface area contributed by atoms with E-state index >= 15 is 0 Å². The minimum absolute atomic E-state index is 0.0969. The van der Waals surface area contributed by atoms with Crippen molar-refractivity contribution in [3.8, 4) is 22.8 Å². The highest BCUT2D eigenvalue weighted by Crippen LogP contribution is 2.41. The number of para-hydroxylation sites is 1. The molecule has 1 aromatic heterocycles. The summed E-state index contributed by atoms with van der Waals surface area (Å²) in [7, 11) is 0. The number of aromatic hydroxyl groups is 1. The van der Waals surface area contributed by atoms with Crippen molar-refractivity contribution in [3.63, 3.8) is 0 Å². The standard InChI is InChI=1S/C20H22N2O/c1-14-10-8-9-13-16(14)18-17(20(2,3)4)19(23)21-22(18)15-11-6-5-7-12-15/h5-13H,1-4H3,(H,21,23). The van der Waals surface area contributed by atoms with E-state index in [0.29, 0.717) is 0 Å². The Morgan fingerprint density at radius 3 is 2.13 bits per heavy atom. The molecule has 3 nitrogen and oxygen atoms in total. The fourth-order valence-corrected chi connectivity index (χ4v) is 2.94. The van der Waals surface area contributed by atoms with Crippen LogP contribution in [0.1, 0.15) is 31.9 Å². The number of nitrogens with zero attached hydrogens (tertiary/aromatic N) is 2. The molecular formula is C20H22N2O. The summed E-state index contributed by atoms with van der Waals surface area (Å²) in [5.41, 5.74) is 4.81. The molecule has 3 aromatic rings. The van der Waals surface area contributed by atoms with E-state index in [1.54, 1.807) is 0 Å². The topological polar surface area (TPSA) is 38.1 Å². The van der Waals surface area contributed by atoms with E-state index in [1.165, 1.54) is 0 Å². The van der Waals surface area contributed by atoms with E-state index in [2.05, 4.69) is 44.9 Å². The van der Waals surface area contributed by atoms with Crippen LogP contribution in [0.4, 0.5) is 0 Å². The lowest BCUT2D eigenvalue weighted by atomic mass is 9.84. The second-order valence-electron chi connectivity index (χ2n) is 6.86. The van der Waals surface area contributed by atoms with Crippen LogP contribution in [0.2, 0.25) is 0 Å². The van der Waals surface area contributed by atoms with Gasteiger partial charge in [-0.1, -0.05) is 63.2 Å². The molecule has 0 radical (unpaired) electrons. The molecule has 0 saturated heterocycles. The zero-order chi connectivity index (χ0) is 16.6. The molecule has 0 spiro atoms. The molecule has 3 heteroatoms. The monoisotopic (exact) mass is 306 g/mol. The predicted octanol–water partition coefficient (Wildman–Crippen LogP) is 4.85. The van der Waals surface area contributed by atoms with Gasteiger partial charge in [0.05, 0.1) is 11.4 Å². The van der Waals surface area contributed by atoms with Crippen LogP contribution in [0, 0.1) is 6.92 Å². The Balaban J connectivity index is 2.37. The molecule has 1 N–H and O–H groups in total. The number of benzene rings is 2. The van der Waals surface area contributed by atoms with Crippen LogP contribution in [0.5, 0.6) is 5.88 Å². The van der Waals surface area contributed by atoms with Gasteiger partial charge in [-0.05, 0) is 30.0 Å². The summed E-state index contributed by atoms with van der Waals surface area (Å²) in [6.07, 6.45) is 0. The van der Waals surface area contributed by atoms with E-state index in [-0.39, 0.29) is 11.3 Å². The lowest BCUT2D eigenvalue weighted by Crippen LogP contribution is -2.13. The Labute approximate surface area is 137 Å². The SMILES string of the molecule is Cc1ccccc1-c1c(C(C)(C)C)c(O)nn1-c1ccccc1. The molecule has 0 aliphatic rings. The number of aryl methyl sites for hydroxylation is 1. The van der Waals surface area contributed by atoms with Crippen LogP contribution in [0.3, 0.4) is 0 Å². The van der Waals surface area contributed by atoms with Crippen molar-refractivity contribution in [1.82, 2.24) is 9.78 Å². The lowest BCUT2D eigenvalue weighted by molar-refractivity contribution is 0.427.